The standard InChI is InChI=1S/C10H21N3O/c1-13-7-4-10(14,8-13)9(11)2-5-12-6-3-9/h12,14H,2-8,11H2,1H3. The Bertz CT molecular complexity index is 208. The number of hydrogen-bond donors (Lipinski definition) is 3. The van der Waals surface area contributed by atoms with E-state index in [1.54, 1.807) is 0 Å². The van der Waals surface area contributed by atoms with Gasteiger partial charge in [0.25, 0.3) is 0 Å². The highest BCUT2D eigenvalue weighted by Crippen LogP contribution is 2.35. The van der Waals surface area contributed by atoms with Gasteiger partial charge in [-0.05, 0) is 39.4 Å². The number of nitrogens with one attached hydrogen (secondary N) is 1. The molecule has 0 spiro atoms. The quantitative estimate of drug-likeness (QED) is 0.514. The van der Waals surface area contributed by atoms with E-state index in [2.05, 4.69) is 10.2 Å². The third-order valence-electron chi connectivity index (χ3n) is 3.86. The molecule has 1 atom stereocenters. The predicted octanol–water partition coefficient (Wildman–Crippen LogP) is -0.866. The van der Waals surface area contributed by atoms with Crippen LogP contribution in [0, 0.1) is 0 Å². The van der Waals surface area contributed by atoms with Crippen molar-refractivity contribution in [2.75, 3.05) is 33.2 Å². The lowest BCUT2D eigenvalue weighted by Gasteiger charge is -2.45. The van der Waals surface area contributed by atoms with Gasteiger partial charge in [-0.1, -0.05) is 0 Å². The molecule has 4 heteroatoms. The number of nitrogens with two attached hydrogens (primary N) is 1. The number of β-amino-alcohol motifs (C(OH)–C–C–N with tert-alkyl or cyclic N) is 1. The fourth-order valence-electron chi connectivity index (χ4n) is 2.73. The highest BCUT2D eigenvalue weighted by molar-refractivity contribution is 5.09. The van der Waals surface area contributed by atoms with Gasteiger partial charge in [0.2, 0.25) is 0 Å². The fraction of sp³-hybridized carbons (Fsp3) is 1.00. The van der Waals surface area contributed by atoms with Crippen molar-refractivity contribution in [1.82, 2.24) is 10.2 Å². The molecule has 4 N–H and O–H groups in total. The van der Waals surface area contributed by atoms with Crippen LogP contribution in [-0.4, -0.2) is 54.4 Å². The molecule has 0 aliphatic carbocycles. The van der Waals surface area contributed by atoms with Crippen molar-refractivity contribution in [2.45, 2.75) is 30.4 Å². The SMILES string of the molecule is CN1CCC(O)(C2(N)CCNCC2)C1. The molecule has 2 fully saturated rings. The van der Waals surface area contributed by atoms with E-state index in [-0.39, 0.29) is 5.54 Å². The summed E-state index contributed by atoms with van der Waals surface area (Å²) in [5.41, 5.74) is 5.31. The average molecular weight is 199 g/mol. The molecule has 2 saturated heterocycles. The molecule has 4 nitrogen and oxygen atoms in total. The summed E-state index contributed by atoms with van der Waals surface area (Å²) in [5.74, 6) is 0. The molecule has 0 aromatic rings. The van der Waals surface area contributed by atoms with E-state index < -0.39 is 5.60 Å². The van der Waals surface area contributed by atoms with Crippen LogP contribution in [0.25, 0.3) is 0 Å². The summed E-state index contributed by atoms with van der Waals surface area (Å²) in [5, 5.41) is 13.8. The molecular formula is C10H21N3O. The van der Waals surface area contributed by atoms with Crippen molar-refractivity contribution >= 4 is 0 Å². The van der Waals surface area contributed by atoms with Crippen molar-refractivity contribution in [3.8, 4) is 0 Å². The normalized spacial score (nSPS) is 38.8. The molecular weight excluding hydrogens is 178 g/mol. The first-order valence-corrected chi connectivity index (χ1v) is 5.46. The minimum absolute atomic E-state index is 0.372. The van der Waals surface area contributed by atoms with Gasteiger partial charge in [0, 0.05) is 18.6 Å². The molecule has 14 heavy (non-hydrogen) atoms. The van der Waals surface area contributed by atoms with Crippen molar-refractivity contribution in [1.29, 1.82) is 0 Å². The van der Waals surface area contributed by atoms with Gasteiger partial charge < -0.3 is 21.1 Å². The molecule has 82 valence electrons. The molecule has 0 saturated carbocycles. The maximum absolute atomic E-state index is 10.6. The number of likely N-dealkylation sites (tertiary alicyclic amines) is 1. The van der Waals surface area contributed by atoms with E-state index in [9.17, 15) is 5.11 Å². The van der Waals surface area contributed by atoms with Gasteiger partial charge in [-0.3, -0.25) is 0 Å². The van der Waals surface area contributed by atoms with Crippen LogP contribution in [0.4, 0.5) is 0 Å². The zero-order chi connectivity index (χ0) is 10.2. The first-order chi connectivity index (χ1) is 6.56. The van der Waals surface area contributed by atoms with E-state index in [4.69, 9.17) is 5.73 Å². The number of aliphatic hydroxyl groups is 1. The van der Waals surface area contributed by atoms with Crippen molar-refractivity contribution < 1.29 is 5.11 Å². The van der Waals surface area contributed by atoms with Crippen LogP contribution < -0.4 is 11.1 Å². The van der Waals surface area contributed by atoms with Gasteiger partial charge in [-0.15, -0.1) is 0 Å². The lowest BCUT2D eigenvalue weighted by atomic mass is 9.73. The molecule has 0 aromatic carbocycles. The first kappa shape index (κ1) is 10.4. The predicted molar refractivity (Wildman–Crippen MR) is 56.1 cm³/mol. The van der Waals surface area contributed by atoms with Gasteiger partial charge in [0.1, 0.15) is 0 Å². The Morgan fingerprint density at radius 1 is 1.29 bits per heavy atom. The molecule has 2 aliphatic rings. The Morgan fingerprint density at radius 3 is 2.43 bits per heavy atom. The van der Waals surface area contributed by atoms with Gasteiger partial charge in [-0.25, -0.2) is 0 Å². The molecule has 0 amide bonds. The Morgan fingerprint density at radius 2 is 1.93 bits per heavy atom. The highest BCUT2D eigenvalue weighted by atomic mass is 16.3. The average Bonchev–Trinajstić information content (AvgIpc) is 2.49. The summed E-state index contributed by atoms with van der Waals surface area (Å²) in [7, 11) is 2.04. The van der Waals surface area contributed by atoms with Crippen LogP contribution in [-0.2, 0) is 0 Å². The number of likely N-dealkylation sites (N-methyl/N-ethyl adjacent to an activating group) is 1. The van der Waals surface area contributed by atoms with Crippen LogP contribution >= 0.6 is 0 Å². The maximum atomic E-state index is 10.6. The third-order valence-corrected chi connectivity index (χ3v) is 3.86. The largest absolute Gasteiger partial charge is 0.387 e. The molecule has 1 unspecified atom stereocenters. The van der Waals surface area contributed by atoms with E-state index in [1.807, 2.05) is 7.05 Å². The van der Waals surface area contributed by atoms with Gasteiger partial charge in [0.15, 0.2) is 0 Å². The number of rotatable bonds is 1. The second-order valence-electron chi connectivity index (χ2n) is 4.93. The summed E-state index contributed by atoms with van der Waals surface area (Å²) in [6.07, 6.45) is 2.59. The number of piperidine rings is 1. The van der Waals surface area contributed by atoms with Gasteiger partial charge >= 0.3 is 0 Å². The van der Waals surface area contributed by atoms with E-state index in [0.717, 1.165) is 45.4 Å². The minimum Gasteiger partial charge on any atom is -0.387 e. The minimum atomic E-state index is -0.663. The van der Waals surface area contributed by atoms with Gasteiger partial charge in [0.05, 0.1) is 5.60 Å². The lowest BCUT2D eigenvalue weighted by Crippen LogP contribution is -2.65. The molecule has 2 aliphatic heterocycles. The van der Waals surface area contributed by atoms with Crippen LogP contribution in [0.3, 0.4) is 0 Å². The van der Waals surface area contributed by atoms with Crippen LogP contribution in [0.1, 0.15) is 19.3 Å². The van der Waals surface area contributed by atoms with Crippen LogP contribution in [0.5, 0.6) is 0 Å². The van der Waals surface area contributed by atoms with Crippen LogP contribution in [0.15, 0.2) is 0 Å². The monoisotopic (exact) mass is 199 g/mol. The summed E-state index contributed by atoms with van der Waals surface area (Å²) in [6, 6.07) is 0. The van der Waals surface area contributed by atoms with E-state index in [0.29, 0.717) is 0 Å². The molecule has 2 rings (SSSR count). The Hall–Kier alpha value is -0.160. The summed E-state index contributed by atoms with van der Waals surface area (Å²) >= 11 is 0. The highest BCUT2D eigenvalue weighted by Gasteiger charge is 2.50. The fourth-order valence-corrected chi connectivity index (χ4v) is 2.73. The smallest absolute Gasteiger partial charge is 0.0965 e. The zero-order valence-corrected chi connectivity index (χ0v) is 8.92. The van der Waals surface area contributed by atoms with Crippen molar-refractivity contribution in [3.05, 3.63) is 0 Å². The Labute approximate surface area is 85.5 Å². The van der Waals surface area contributed by atoms with Crippen molar-refractivity contribution in [2.24, 2.45) is 5.73 Å². The number of nitrogens with zero attached hydrogens (tertiary/aromatic N) is 1. The van der Waals surface area contributed by atoms with Crippen LogP contribution in [0.2, 0.25) is 0 Å². The second-order valence-corrected chi connectivity index (χ2v) is 4.93. The Balaban J connectivity index is 2.11. The molecule has 0 aromatic heterocycles. The zero-order valence-electron chi connectivity index (χ0n) is 8.92. The summed E-state index contributed by atoms with van der Waals surface area (Å²) in [6.45, 7) is 3.55. The third kappa shape index (κ3) is 1.56. The van der Waals surface area contributed by atoms with E-state index in [1.165, 1.54) is 0 Å². The second kappa shape index (κ2) is 3.45. The number of hydrogen-bond acceptors (Lipinski definition) is 4. The van der Waals surface area contributed by atoms with E-state index >= 15 is 0 Å². The molecule has 2 heterocycles. The van der Waals surface area contributed by atoms with Crippen molar-refractivity contribution in [3.63, 3.8) is 0 Å². The summed E-state index contributed by atoms with van der Waals surface area (Å²) in [4.78, 5) is 2.16. The molecule has 0 bridgehead atoms. The lowest BCUT2D eigenvalue weighted by molar-refractivity contribution is -0.0381. The Kier molecular flexibility index (Phi) is 2.55. The summed E-state index contributed by atoms with van der Waals surface area (Å²) < 4.78 is 0. The van der Waals surface area contributed by atoms with Gasteiger partial charge in [-0.2, -0.15) is 0 Å². The maximum Gasteiger partial charge on any atom is 0.0965 e. The first-order valence-electron chi connectivity index (χ1n) is 5.46. The molecule has 0 radical (unpaired) electrons. The topological polar surface area (TPSA) is 61.5 Å².